The van der Waals surface area contributed by atoms with Crippen LogP contribution in [0.2, 0.25) is 5.02 Å². The molecule has 0 unspecified atom stereocenters. The number of anilines is 1. The summed E-state index contributed by atoms with van der Waals surface area (Å²) in [5.41, 5.74) is 1.93. The highest BCUT2D eigenvalue weighted by atomic mass is 35.5. The topological polar surface area (TPSA) is 80.5 Å². The Morgan fingerprint density at radius 3 is 2.16 bits per heavy atom. The van der Waals surface area contributed by atoms with Gasteiger partial charge in [0.05, 0.1) is 16.8 Å². The second-order valence-electron chi connectivity index (χ2n) is 6.85. The number of benzene rings is 1. The van der Waals surface area contributed by atoms with Gasteiger partial charge in [-0.2, -0.15) is 0 Å². The summed E-state index contributed by atoms with van der Waals surface area (Å²) in [6.07, 6.45) is 3.97. The van der Waals surface area contributed by atoms with Crippen molar-refractivity contribution in [3.05, 3.63) is 56.6 Å². The highest BCUT2D eigenvalue weighted by Crippen LogP contribution is 2.57. The molecule has 1 aromatic rings. The van der Waals surface area contributed by atoms with E-state index in [1.807, 2.05) is 26.0 Å². The van der Waals surface area contributed by atoms with Crippen molar-refractivity contribution in [1.29, 1.82) is 0 Å². The number of nitro benzene ring substituents is 1. The number of nitrogens with zero attached hydrogens (tertiary/aromatic N) is 2. The molecule has 25 heavy (non-hydrogen) atoms. The number of hydrogen-bond donors (Lipinski definition) is 0. The quantitative estimate of drug-likeness (QED) is 0.350. The normalized spacial score (nSPS) is 29.6. The summed E-state index contributed by atoms with van der Waals surface area (Å²) in [6.45, 7) is 3.97. The number of nitro groups is 1. The molecule has 3 aliphatic rings. The first-order chi connectivity index (χ1) is 11.8. The standard InChI is InChI=1S/C18H15ClN2O4/c1-8(2)14-10-4-5-11(14)16-15(10)17(22)20(18(16)23)12-6-3-9(19)7-13(12)21(24)25/h3-7,10-11,15-16H,1-2H3/t10-,11+,15-,16-/m1/s1. The summed E-state index contributed by atoms with van der Waals surface area (Å²) in [4.78, 5) is 37.7. The molecule has 0 N–H and O–H groups in total. The van der Waals surface area contributed by atoms with Crippen LogP contribution in [0.25, 0.3) is 0 Å². The number of imide groups is 1. The number of amides is 2. The Kier molecular flexibility index (Phi) is 3.37. The van der Waals surface area contributed by atoms with Gasteiger partial charge in [0.15, 0.2) is 0 Å². The van der Waals surface area contributed by atoms with Crippen molar-refractivity contribution in [3.63, 3.8) is 0 Å². The minimum atomic E-state index is -0.621. The van der Waals surface area contributed by atoms with Crippen LogP contribution < -0.4 is 4.90 Å². The van der Waals surface area contributed by atoms with Crippen LogP contribution in [0, 0.1) is 33.8 Å². The fourth-order valence-electron chi connectivity index (χ4n) is 4.50. The predicted molar refractivity (Wildman–Crippen MR) is 92.1 cm³/mol. The molecule has 0 spiro atoms. The van der Waals surface area contributed by atoms with E-state index in [1.165, 1.54) is 18.2 Å². The lowest BCUT2D eigenvalue weighted by Gasteiger charge is -2.19. The maximum Gasteiger partial charge on any atom is 0.294 e. The van der Waals surface area contributed by atoms with E-state index >= 15 is 0 Å². The Morgan fingerprint density at radius 2 is 1.68 bits per heavy atom. The molecule has 6 nitrogen and oxygen atoms in total. The Hall–Kier alpha value is -2.47. The number of fused-ring (bicyclic) bond motifs is 5. The molecule has 7 heteroatoms. The van der Waals surface area contributed by atoms with E-state index < -0.39 is 16.8 Å². The maximum atomic E-state index is 13.0. The lowest BCUT2D eigenvalue weighted by Crippen LogP contribution is -2.33. The van der Waals surface area contributed by atoms with E-state index in [2.05, 4.69) is 0 Å². The average Bonchev–Trinajstić information content (AvgIpc) is 3.18. The zero-order valence-corrected chi connectivity index (χ0v) is 14.4. The van der Waals surface area contributed by atoms with Crippen LogP contribution in [0.4, 0.5) is 11.4 Å². The number of rotatable bonds is 2. The molecule has 0 aromatic heterocycles. The summed E-state index contributed by atoms with van der Waals surface area (Å²) in [5, 5.41) is 11.5. The molecule has 1 saturated carbocycles. The molecule has 0 radical (unpaired) electrons. The summed E-state index contributed by atoms with van der Waals surface area (Å²) in [6, 6.07) is 3.99. The van der Waals surface area contributed by atoms with Crippen molar-refractivity contribution in [1.82, 2.24) is 0 Å². The van der Waals surface area contributed by atoms with Gasteiger partial charge in [-0.3, -0.25) is 19.7 Å². The van der Waals surface area contributed by atoms with Gasteiger partial charge in [-0.15, -0.1) is 0 Å². The zero-order chi connectivity index (χ0) is 18.0. The van der Waals surface area contributed by atoms with E-state index in [9.17, 15) is 19.7 Å². The number of hydrogen-bond acceptors (Lipinski definition) is 4. The fraction of sp³-hybridized carbons (Fsp3) is 0.333. The summed E-state index contributed by atoms with van der Waals surface area (Å²) >= 11 is 5.84. The van der Waals surface area contributed by atoms with Gasteiger partial charge in [-0.1, -0.05) is 34.9 Å². The van der Waals surface area contributed by atoms with Crippen molar-refractivity contribution in [2.24, 2.45) is 23.7 Å². The number of carbonyl (C=O) groups is 2. The molecule has 2 bridgehead atoms. The average molecular weight is 359 g/mol. The first-order valence-corrected chi connectivity index (χ1v) is 8.38. The lowest BCUT2D eigenvalue weighted by atomic mass is 9.85. The van der Waals surface area contributed by atoms with E-state index in [0.29, 0.717) is 0 Å². The van der Waals surface area contributed by atoms with Crippen molar-refractivity contribution in [3.8, 4) is 0 Å². The minimum absolute atomic E-state index is 0.00282. The van der Waals surface area contributed by atoms with Crippen molar-refractivity contribution >= 4 is 34.8 Å². The van der Waals surface area contributed by atoms with Crippen LogP contribution in [0.1, 0.15) is 13.8 Å². The van der Waals surface area contributed by atoms with Crippen molar-refractivity contribution in [2.45, 2.75) is 13.8 Å². The van der Waals surface area contributed by atoms with Gasteiger partial charge < -0.3 is 0 Å². The number of allylic oxidation sites excluding steroid dienone is 4. The zero-order valence-electron chi connectivity index (χ0n) is 13.6. The minimum Gasteiger partial charge on any atom is -0.274 e. The highest BCUT2D eigenvalue weighted by molar-refractivity contribution is 6.31. The largest absolute Gasteiger partial charge is 0.294 e. The fourth-order valence-corrected chi connectivity index (χ4v) is 4.67. The Bertz CT molecular complexity index is 866. The lowest BCUT2D eigenvalue weighted by molar-refractivity contribution is -0.384. The van der Waals surface area contributed by atoms with Crippen LogP contribution in [0.5, 0.6) is 0 Å². The molecule has 1 aromatic carbocycles. The molecule has 2 aliphatic carbocycles. The smallest absolute Gasteiger partial charge is 0.274 e. The molecule has 128 valence electrons. The van der Waals surface area contributed by atoms with Crippen LogP contribution in [0.15, 0.2) is 41.5 Å². The van der Waals surface area contributed by atoms with Crippen molar-refractivity contribution in [2.75, 3.05) is 4.90 Å². The third-order valence-electron chi connectivity index (χ3n) is 5.37. The molecule has 4 rings (SSSR count). The van der Waals surface area contributed by atoms with Gasteiger partial charge in [0.1, 0.15) is 5.69 Å². The van der Waals surface area contributed by atoms with Gasteiger partial charge in [0, 0.05) is 22.9 Å². The summed E-state index contributed by atoms with van der Waals surface area (Å²) < 4.78 is 0. The summed E-state index contributed by atoms with van der Waals surface area (Å²) in [7, 11) is 0. The highest BCUT2D eigenvalue weighted by Gasteiger charge is 2.62. The second kappa shape index (κ2) is 5.26. The number of halogens is 1. The van der Waals surface area contributed by atoms with Crippen LogP contribution in [-0.4, -0.2) is 16.7 Å². The third-order valence-corrected chi connectivity index (χ3v) is 5.60. The van der Waals surface area contributed by atoms with Crippen molar-refractivity contribution < 1.29 is 14.5 Å². The van der Waals surface area contributed by atoms with E-state index in [4.69, 9.17) is 11.6 Å². The van der Waals surface area contributed by atoms with E-state index in [1.54, 1.807) is 0 Å². The molecule has 1 heterocycles. The predicted octanol–water partition coefficient (Wildman–Crippen LogP) is 3.51. The van der Waals surface area contributed by atoms with Gasteiger partial charge in [0.25, 0.3) is 5.69 Å². The molecule has 4 atom stereocenters. The van der Waals surface area contributed by atoms with Crippen LogP contribution in [-0.2, 0) is 9.59 Å². The first-order valence-electron chi connectivity index (χ1n) is 8.00. The number of carbonyl (C=O) groups excluding carboxylic acids is 2. The van der Waals surface area contributed by atoms with Crippen LogP contribution in [0.3, 0.4) is 0 Å². The monoisotopic (exact) mass is 358 g/mol. The van der Waals surface area contributed by atoms with E-state index in [-0.39, 0.29) is 40.0 Å². The van der Waals surface area contributed by atoms with Gasteiger partial charge in [0.2, 0.25) is 11.8 Å². The van der Waals surface area contributed by atoms with E-state index in [0.717, 1.165) is 16.0 Å². The van der Waals surface area contributed by atoms with Gasteiger partial charge in [-0.05, 0) is 26.0 Å². The SMILES string of the molecule is CC(C)=C1[C@H]2C=C[C@@H]1[C@H]1C(=O)N(c3ccc(Cl)cc3[N+](=O)[O-])C(=O)[C@@H]12. The first kappa shape index (κ1) is 16.0. The molecular formula is C18H15ClN2O4. The van der Waals surface area contributed by atoms with Gasteiger partial charge in [-0.25, -0.2) is 4.90 Å². The summed E-state index contributed by atoms with van der Waals surface area (Å²) in [5.74, 6) is -1.85. The van der Waals surface area contributed by atoms with Gasteiger partial charge >= 0.3 is 0 Å². The third kappa shape index (κ3) is 2.03. The van der Waals surface area contributed by atoms with Crippen LogP contribution >= 0.6 is 11.6 Å². The molecule has 1 aliphatic heterocycles. The Morgan fingerprint density at radius 1 is 1.12 bits per heavy atom. The Balaban J connectivity index is 1.81. The maximum absolute atomic E-state index is 13.0. The molecule has 2 fully saturated rings. The molecular weight excluding hydrogens is 344 g/mol. The molecule has 2 amide bonds. The second-order valence-corrected chi connectivity index (χ2v) is 7.28. The Labute approximate surface area is 148 Å². The molecule has 1 saturated heterocycles.